The Bertz CT molecular complexity index is 180. The second kappa shape index (κ2) is 7.34. The van der Waals surface area contributed by atoms with Gasteiger partial charge in [-0.2, -0.15) is 0 Å². The molecule has 2 rings (SSSR count). The van der Waals surface area contributed by atoms with Crippen molar-refractivity contribution in [2.24, 2.45) is 5.92 Å². The van der Waals surface area contributed by atoms with Gasteiger partial charge in [-0.3, -0.25) is 0 Å². The smallest absolute Gasteiger partial charge is 0.0730 e. The summed E-state index contributed by atoms with van der Waals surface area (Å²) < 4.78 is 11.5. The molecule has 0 aromatic carbocycles. The van der Waals surface area contributed by atoms with Gasteiger partial charge in [-0.25, -0.2) is 0 Å². The molecule has 0 aromatic rings. The summed E-state index contributed by atoms with van der Waals surface area (Å²) in [5, 5.41) is 3.73. The summed E-state index contributed by atoms with van der Waals surface area (Å²) in [5.74, 6) is 0.749. The Hall–Kier alpha value is -0.120. The van der Waals surface area contributed by atoms with Crippen LogP contribution in [-0.2, 0) is 9.47 Å². The van der Waals surface area contributed by atoms with Crippen molar-refractivity contribution in [1.29, 1.82) is 0 Å². The maximum absolute atomic E-state index is 5.99. The Morgan fingerprint density at radius 1 is 1.12 bits per heavy atom. The Balaban J connectivity index is 1.90. The third-order valence-electron chi connectivity index (χ3n) is 4.02. The molecular formula is C14H27NO2. The van der Waals surface area contributed by atoms with E-state index in [9.17, 15) is 0 Å². The van der Waals surface area contributed by atoms with Gasteiger partial charge in [-0.1, -0.05) is 6.92 Å². The van der Waals surface area contributed by atoms with Gasteiger partial charge < -0.3 is 14.8 Å². The quantitative estimate of drug-likeness (QED) is 0.801. The summed E-state index contributed by atoms with van der Waals surface area (Å²) in [7, 11) is 0. The number of hydrogen-bond acceptors (Lipinski definition) is 3. The van der Waals surface area contributed by atoms with Gasteiger partial charge in [0.2, 0.25) is 0 Å². The SMILES string of the molecule is CCCNC(C1CCOCC1)C1CCCCO1. The summed E-state index contributed by atoms with van der Waals surface area (Å²) in [4.78, 5) is 0. The Morgan fingerprint density at radius 2 is 1.94 bits per heavy atom. The van der Waals surface area contributed by atoms with Crippen LogP contribution in [0.5, 0.6) is 0 Å². The van der Waals surface area contributed by atoms with Crippen LogP contribution in [0.15, 0.2) is 0 Å². The highest BCUT2D eigenvalue weighted by Crippen LogP contribution is 2.26. The van der Waals surface area contributed by atoms with E-state index in [1.165, 1.54) is 38.5 Å². The van der Waals surface area contributed by atoms with Crippen LogP contribution in [0, 0.1) is 5.92 Å². The lowest BCUT2D eigenvalue weighted by atomic mass is 9.85. The van der Waals surface area contributed by atoms with Crippen molar-refractivity contribution in [1.82, 2.24) is 5.32 Å². The molecule has 2 saturated heterocycles. The van der Waals surface area contributed by atoms with Crippen LogP contribution in [-0.4, -0.2) is 38.5 Å². The fraction of sp³-hybridized carbons (Fsp3) is 1.00. The fourth-order valence-electron chi connectivity index (χ4n) is 3.04. The zero-order chi connectivity index (χ0) is 11.9. The van der Waals surface area contributed by atoms with Crippen molar-refractivity contribution in [2.45, 2.75) is 57.6 Å². The standard InChI is InChI=1S/C14H27NO2/c1-2-8-15-14(12-6-10-16-11-7-12)13-5-3-4-9-17-13/h12-15H,2-11H2,1H3. The van der Waals surface area contributed by atoms with Gasteiger partial charge in [0.15, 0.2) is 0 Å². The average Bonchev–Trinajstić information content (AvgIpc) is 2.42. The lowest BCUT2D eigenvalue weighted by Crippen LogP contribution is -2.49. The maximum atomic E-state index is 5.99. The topological polar surface area (TPSA) is 30.5 Å². The molecule has 3 nitrogen and oxygen atoms in total. The average molecular weight is 241 g/mol. The van der Waals surface area contributed by atoms with E-state index in [1.54, 1.807) is 0 Å². The molecule has 0 amide bonds. The van der Waals surface area contributed by atoms with Gasteiger partial charge in [0.1, 0.15) is 0 Å². The molecule has 0 bridgehead atoms. The minimum absolute atomic E-state index is 0.443. The highest BCUT2D eigenvalue weighted by molar-refractivity contribution is 4.86. The zero-order valence-corrected chi connectivity index (χ0v) is 11.1. The molecule has 0 spiro atoms. The van der Waals surface area contributed by atoms with Crippen molar-refractivity contribution in [3.63, 3.8) is 0 Å². The van der Waals surface area contributed by atoms with Gasteiger partial charge in [-0.15, -0.1) is 0 Å². The fourth-order valence-corrected chi connectivity index (χ4v) is 3.04. The molecule has 0 aromatic heterocycles. The first kappa shape index (κ1) is 13.3. The maximum Gasteiger partial charge on any atom is 0.0730 e. The largest absolute Gasteiger partial charge is 0.381 e. The summed E-state index contributed by atoms with van der Waals surface area (Å²) in [6.07, 6.45) is 7.84. The van der Waals surface area contributed by atoms with Crippen LogP contribution in [0.2, 0.25) is 0 Å². The summed E-state index contributed by atoms with van der Waals surface area (Å²) in [6, 6.07) is 0.555. The van der Waals surface area contributed by atoms with E-state index in [4.69, 9.17) is 9.47 Å². The van der Waals surface area contributed by atoms with Crippen LogP contribution in [0.4, 0.5) is 0 Å². The second-order valence-electron chi connectivity index (χ2n) is 5.33. The third-order valence-corrected chi connectivity index (χ3v) is 4.02. The molecule has 0 radical (unpaired) electrons. The molecule has 2 aliphatic rings. The van der Waals surface area contributed by atoms with Crippen LogP contribution in [0.25, 0.3) is 0 Å². The monoisotopic (exact) mass is 241 g/mol. The number of rotatable bonds is 5. The highest BCUT2D eigenvalue weighted by atomic mass is 16.5. The van der Waals surface area contributed by atoms with Crippen LogP contribution in [0.3, 0.4) is 0 Å². The van der Waals surface area contributed by atoms with Gasteiger partial charge in [0.25, 0.3) is 0 Å². The van der Waals surface area contributed by atoms with Gasteiger partial charge >= 0.3 is 0 Å². The van der Waals surface area contributed by atoms with Crippen molar-refractivity contribution < 1.29 is 9.47 Å². The number of nitrogens with one attached hydrogen (secondary N) is 1. The molecule has 0 saturated carbocycles. The molecule has 17 heavy (non-hydrogen) atoms. The Morgan fingerprint density at radius 3 is 2.59 bits per heavy atom. The van der Waals surface area contributed by atoms with Gasteiger partial charge in [0, 0.05) is 25.9 Å². The Kier molecular flexibility index (Phi) is 5.75. The molecule has 1 N–H and O–H groups in total. The first-order valence-electron chi connectivity index (χ1n) is 7.34. The van der Waals surface area contributed by atoms with E-state index in [0.717, 1.165) is 32.3 Å². The van der Waals surface area contributed by atoms with Crippen LogP contribution < -0.4 is 5.32 Å². The van der Waals surface area contributed by atoms with E-state index in [2.05, 4.69) is 12.2 Å². The van der Waals surface area contributed by atoms with Crippen LogP contribution in [0.1, 0.15) is 45.4 Å². The zero-order valence-electron chi connectivity index (χ0n) is 11.1. The summed E-state index contributed by atoms with van der Waals surface area (Å²) in [6.45, 7) is 6.17. The second-order valence-corrected chi connectivity index (χ2v) is 5.33. The van der Waals surface area contributed by atoms with Gasteiger partial charge in [-0.05, 0) is 51.0 Å². The number of ether oxygens (including phenoxy) is 2. The van der Waals surface area contributed by atoms with E-state index in [-0.39, 0.29) is 0 Å². The normalized spacial score (nSPS) is 29.1. The molecule has 0 aliphatic carbocycles. The first-order chi connectivity index (χ1) is 8.42. The predicted molar refractivity (Wildman–Crippen MR) is 69.2 cm³/mol. The Labute approximate surface area is 105 Å². The minimum Gasteiger partial charge on any atom is -0.381 e. The summed E-state index contributed by atoms with van der Waals surface area (Å²) >= 11 is 0. The lowest BCUT2D eigenvalue weighted by Gasteiger charge is -2.38. The van der Waals surface area contributed by atoms with Crippen molar-refractivity contribution >= 4 is 0 Å². The first-order valence-corrected chi connectivity index (χ1v) is 7.34. The molecule has 2 atom stereocenters. The molecule has 2 aliphatic heterocycles. The van der Waals surface area contributed by atoms with Crippen molar-refractivity contribution in [3.8, 4) is 0 Å². The van der Waals surface area contributed by atoms with E-state index in [0.29, 0.717) is 12.1 Å². The van der Waals surface area contributed by atoms with Gasteiger partial charge in [0.05, 0.1) is 6.10 Å². The molecule has 2 fully saturated rings. The van der Waals surface area contributed by atoms with E-state index >= 15 is 0 Å². The molecule has 100 valence electrons. The van der Waals surface area contributed by atoms with Crippen LogP contribution >= 0.6 is 0 Å². The van der Waals surface area contributed by atoms with E-state index < -0.39 is 0 Å². The molecule has 2 unspecified atom stereocenters. The minimum atomic E-state index is 0.443. The molecule has 2 heterocycles. The highest BCUT2D eigenvalue weighted by Gasteiger charge is 2.31. The lowest BCUT2D eigenvalue weighted by molar-refractivity contribution is -0.0389. The third kappa shape index (κ3) is 3.94. The predicted octanol–water partition coefficient (Wildman–Crippen LogP) is 2.35. The molecular weight excluding hydrogens is 214 g/mol. The summed E-state index contributed by atoms with van der Waals surface area (Å²) in [5.41, 5.74) is 0. The number of hydrogen-bond donors (Lipinski definition) is 1. The molecule has 3 heteroatoms. The van der Waals surface area contributed by atoms with E-state index in [1.807, 2.05) is 0 Å². The van der Waals surface area contributed by atoms with Crippen molar-refractivity contribution in [3.05, 3.63) is 0 Å². The van der Waals surface area contributed by atoms with Crippen molar-refractivity contribution in [2.75, 3.05) is 26.4 Å².